The molecule has 0 radical (unpaired) electrons. The van der Waals surface area contributed by atoms with E-state index in [-0.39, 0.29) is 12.0 Å². The Bertz CT molecular complexity index is 435. The van der Waals surface area contributed by atoms with Crippen LogP contribution in [0, 0.1) is 11.3 Å². The smallest absolute Gasteiger partial charge is 0.307 e. The van der Waals surface area contributed by atoms with Gasteiger partial charge in [0.05, 0.1) is 19.1 Å². The topological polar surface area (TPSA) is 96.3 Å². The van der Waals surface area contributed by atoms with Gasteiger partial charge < -0.3 is 15.6 Å². The average molecular weight is 206 g/mol. The first-order valence-electron chi connectivity index (χ1n) is 4.16. The lowest BCUT2D eigenvalue weighted by atomic mass is 10.0. The maximum Gasteiger partial charge on any atom is 0.307 e. The van der Waals surface area contributed by atoms with Gasteiger partial charge in [0.1, 0.15) is 11.8 Å². The van der Waals surface area contributed by atoms with Crippen molar-refractivity contribution in [1.82, 2.24) is 0 Å². The number of carboxylic acid groups (broad SMARTS) is 1. The van der Waals surface area contributed by atoms with E-state index < -0.39 is 5.97 Å². The van der Waals surface area contributed by atoms with E-state index in [2.05, 4.69) is 0 Å². The molecule has 0 saturated heterocycles. The lowest BCUT2D eigenvalue weighted by Crippen LogP contribution is -2.04. The molecule has 0 fully saturated rings. The minimum atomic E-state index is -1.01. The summed E-state index contributed by atoms with van der Waals surface area (Å²) in [6.07, 6.45) is -0.246. The van der Waals surface area contributed by atoms with Crippen molar-refractivity contribution in [3.63, 3.8) is 0 Å². The number of ether oxygens (including phenoxy) is 1. The third-order valence-corrected chi connectivity index (χ3v) is 1.88. The Morgan fingerprint density at radius 1 is 1.67 bits per heavy atom. The summed E-state index contributed by atoms with van der Waals surface area (Å²) in [7, 11) is 1.40. The molecule has 5 heteroatoms. The summed E-state index contributed by atoms with van der Waals surface area (Å²) in [6.45, 7) is 0. The van der Waals surface area contributed by atoms with E-state index in [1.165, 1.54) is 19.2 Å². The molecular formula is C10H10N2O3. The summed E-state index contributed by atoms with van der Waals surface area (Å²) in [5.41, 5.74) is 6.51. The van der Waals surface area contributed by atoms with Crippen LogP contribution in [0.25, 0.3) is 0 Å². The Kier molecular flexibility index (Phi) is 3.13. The molecule has 78 valence electrons. The molecule has 0 atom stereocenters. The first-order chi connectivity index (χ1) is 7.08. The highest BCUT2D eigenvalue weighted by molar-refractivity contribution is 5.73. The maximum absolute atomic E-state index is 10.6. The number of aliphatic carboxylic acids is 1. The number of carboxylic acids is 1. The lowest BCUT2D eigenvalue weighted by Gasteiger charge is -2.08. The standard InChI is InChI=1S/C10H10N2O3/c1-15-9-4-7(12)2-6(3-10(13)14)8(9)5-11/h2,4H,3,12H2,1H3,(H,13,14). The summed E-state index contributed by atoms with van der Waals surface area (Å²) >= 11 is 0. The molecule has 0 aliphatic heterocycles. The van der Waals surface area contributed by atoms with Crippen LogP contribution in [0.4, 0.5) is 5.69 Å². The van der Waals surface area contributed by atoms with Gasteiger partial charge in [0.15, 0.2) is 0 Å². The molecule has 15 heavy (non-hydrogen) atoms. The van der Waals surface area contributed by atoms with Crippen molar-refractivity contribution < 1.29 is 14.6 Å². The fraction of sp³-hybridized carbons (Fsp3) is 0.200. The van der Waals surface area contributed by atoms with Crippen molar-refractivity contribution in [2.24, 2.45) is 0 Å². The lowest BCUT2D eigenvalue weighted by molar-refractivity contribution is -0.136. The van der Waals surface area contributed by atoms with Gasteiger partial charge >= 0.3 is 5.97 Å². The fourth-order valence-corrected chi connectivity index (χ4v) is 1.29. The number of benzene rings is 1. The minimum Gasteiger partial charge on any atom is -0.495 e. The zero-order valence-corrected chi connectivity index (χ0v) is 8.15. The molecule has 0 aliphatic carbocycles. The maximum atomic E-state index is 10.6. The predicted octanol–water partition coefficient (Wildman–Crippen LogP) is 0.776. The molecule has 1 aromatic rings. The van der Waals surface area contributed by atoms with Crippen molar-refractivity contribution in [1.29, 1.82) is 5.26 Å². The van der Waals surface area contributed by atoms with Crippen LogP contribution in [0.1, 0.15) is 11.1 Å². The Hall–Kier alpha value is -2.22. The van der Waals surface area contributed by atoms with Gasteiger partial charge in [-0.1, -0.05) is 0 Å². The Balaban J connectivity index is 3.30. The number of hydrogen-bond acceptors (Lipinski definition) is 4. The van der Waals surface area contributed by atoms with Gasteiger partial charge in [-0.05, 0) is 11.6 Å². The third kappa shape index (κ3) is 2.38. The number of nitrogens with zero attached hydrogens (tertiary/aromatic N) is 1. The van der Waals surface area contributed by atoms with Crippen molar-refractivity contribution in [3.05, 3.63) is 23.3 Å². The molecule has 3 N–H and O–H groups in total. The largest absolute Gasteiger partial charge is 0.495 e. The van der Waals surface area contributed by atoms with Crippen molar-refractivity contribution >= 4 is 11.7 Å². The normalized spacial score (nSPS) is 9.33. The summed E-state index contributed by atoms with van der Waals surface area (Å²) in [5.74, 6) is -0.715. The van der Waals surface area contributed by atoms with Crippen LogP contribution in [-0.2, 0) is 11.2 Å². The van der Waals surface area contributed by atoms with Crippen molar-refractivity contribution in [3.8, 4) is 11.8 Å². The number of nitriles is 1. The average Bonchev–Trinajstić information content (AvgIpc) is 2.15. The molecule has 1 aromatic carbocycles. The van der Waals surface area contributed by atoms with Gasteiger partial charge in [-0.15, -0.1) is 0 Å². The number of nitrogens with two attached hydrogens (primary N) is 1. The number of nitrogen functional groups attached to an aromatic ring is 1. The number of rotatable bonds is 3. The zero-order valence-electron chi connectivity index (χ0n) is 8.15. The van der Waals surface area contributed by atoms with Crippen molar-refractivity contribution in [2.45, 2.75) is 6.42 Å². The first kappa shape index (κ1) is 10.9. The highest BCUT2D eigenvalue weighted by Gasteiger charge is 2.12. The quantitative estimate of drug-likeness (QED) is 0.712. The van der Waals surface area contributed by atoms with E-state index in [4.69, 9.17) is 20.8 Å². The molecule has 0 bridgehead atoms. The van der Waals surface area contributed by atoms with Crippen LogP contribution < -0.4 is 10.5 Å². The summed E-state index contributed by atoms with van der Waals surface area (Å²) in [5, 5.41) is 17.5. The molecule has 0 unspecified atom stereocenters. The van der Waals surface area contributed by atoms with E-state index in [0.717, 1.165) is 0 Å². The third-order valence-electron chi connectivity index (χ3n) is 1.88. The molecule has 0 saturated carbocycles. The van der Waals surface area contributed by atoms with Crippen molar-refractivity contribution in [2.75, 3.05) is 12.8 Å². The van der Waals surface area contributed by atoms with Crippen LogP contribution in [0.3, 0.4) is 0 Å². The number of hydrogen-bond donors (Lipinski definition) is 2. The predicted molar refractivity (Wildman–Crippen MR) is 53.5 cm³/mol. The SMILES string of the molecule is COc1cc(N)cc(CC(=O)O)c1C#N. The molecule has 0 heterocycles. The van der Waals surface area contributed by atoms with E-state index in [1.807, 2.05) is 6.07 Å². The van der Waals surface area contributed by atoms with Gasteiger partial charge in [-0.25, -0.2) is 0 Å². The second-order valence-corrected chi connectivity index (χ2v) is 2.94. The van der Waals surface area contributed by atoms with Gasteiger partial charge in [0, 0.05) is 11.8 Å². The monoisotopic (exact) mass is 206 g/mol. The minimum absolute atomic E-state index is 0.217. The summed E-state index contributed by atoms with van der Waals surface area (Å²) < 4.78 is 4.94. The highest BCUT2D eigenvalue weighted by Crippen LogP contribution is 2.25. The van der Waals surface area contributed by atoms with Crippen LogP contribution >= 0.6 is 0 Å². The van der Waals surface area contributed by atoms with Gasteiger partial charge in [0.2, 0.25) is 0 Å². The van der Waals surface area contributed by atoms with E-state index in [0.29, 0.717) is 17.0 Å². The number of carbonyl (C=O) groups is 1. The Labute approximate surface area is 86.7 Å². The van der Waals surface area contributed by atoms with Crippen LogP contribution in [0.2, 0.25) is 0 Å². The van der Waals surface area contributed by atoms with Gasteiger partial charge in [0.25, 0.3) is 0 Å². The van der Waals surface area contributed by atoms with Gasteiger partial charge in [-0.2, -0.15) is 5.26 Å². The number of anilines is 1. The zero-order chi connectivity index (χ0) is 11.4. The first-order valence-corrected chi connectivity index (χ1v) is 4.16. The highest BCUT2D eigenvalue weighted by atomic mass is 16.5. The Morgan fingerprint density at radius 2 is 2.33 bits per heavy atom. The molecule has 1 rings (SSSR count). The Morgan fingerprint density at radius 3 is 2.80 bits per heavy atom. The summed E-state index contributed by atoms with van der Waals surface area (Å²) in [6, 6.07) is 4.86. The van der Waals surface area contributed by atoms with Crippen LogP contribution in [0.5, 0.6) is 5.75 Å². The van der Waals surface area contributed by atoms with E-state index in [9.17, 15) is 4.79 Å². The molecule has 0 aliphatic rings. The molecule has 0 aromatic heterocycles. The molecule has 0 spiro atoms. The van der Waals surface area contributed by atoms with E-state index >= 15 is 0 Å². The fourth-order valence-electron chi connectivity index (χ4n) is 1.29. The second kappa shape index (κ2) is 4.33. The second-order valence-electron chi connectivity index (χ2n) is 2.94. The molecule has 0 amide bonds. The van der Waals surface area contributed by atoms with Crippen LogP contribution in [0.15, 0.2) is 12.1 Å². The molecular weight excluding hydrogens is 196 g/mol. The van der Waals surface area contributed by atoms with Crippen LogP contribution in [-0.4, -0.2) is 18.2 Å². The van der Waals surface area contributed by atoms with Gasteiger partial charge in [-0.3, -0.25) is 4.79 Å². The van der Waals surface area contributed by atoms with E-state index in [1.54, 1.807) is 0 Å². The summed E-state index contributed by atoms with van der Waals surface area (Å²) in [4.78, 5) is 10.6. The molecule has 5 nitrogen and oxygen atoms in total. The number of methoxy groups -OCH3 is 1.